The van der Waals surface area contributed by atoms with Crippen molar-refractivity contribution in [1.82, 2.24) is 15.5 Å². The Morgan fingerprint density at radius 1 is 1.24 bits per heavy atom. The Balaban J connectivity index is 2.27. The Morgan fingerprint density at radius 3 is 2.59 bits per heavy atom. The average Bonchev–Trinajstić information content (AvgIpc) is 2.73. The summed E-state index contributed by atoms with van der Waals surface area (Å²) in [6.45, 7) is 8.33. The van der Waals surface area contributed by atoms with Gasteiger partial charge in [-0.3, -0.25) is 0 Å². The van der Waals surface area contributed by atoms with Gasteiger partial charge in [0, 0.05) is 20.1 Å². The van der Waals surface area contributed by atoms with Gasteiger partial charge in [0.15, 0.2) is 0 Å². The lowest BCUT2D eigenvalue weighted by atomic mass is 10.2. The summed E-state index contributed by atoms with van der Waals surface area (Å²) in [6.07, 6.45) is 2.25. The van der Waals surface area contributed by atoms with Crippen molar-refractivity contribution in [3.63, 3.8) is 0 Å². The molecule has 1 atom stereocenters. The summed E-state index contributed by atoms with van der Waals surface area (Å²) in [5.74, 6) is 0.671. The molecule has 0 radical (unpaired) electrons. The van der Waals surface area contributed by atoms with Gasteiger partial charge in [0.2, 0.25) is 0 Å². The van der Waals surface area contributed by atoms with Crippen LogP contribution in [0.4, 0.5) is 0 Å². The van der Waals surface area contributed by atoms with E-state index in [1.807, 2.05) is 0 Å². The van der Waals surface area contributed by atoms with E-state index < -0.39 is 0 Å². The first kappa shape index (κ1) is 14.5. The molecule has 0 aliphatic heterocycles. The van der Waals surface area contributed by atoms with Gasteiger partial charge in [-0.1, -0.05) is 13.8 Å². The molecule has 1 heterocycles. The molecule has 17 heavy (non-hydrogen) atoms. The third kappa shape index (κ3) is 6.10. The van der Waals surface area contributed by atoms with Crippen LogP contribution in [0.25, 0.3) is 0 Å². The lowest BCUT2D eigenvalue weighted by Gasteiger charge is -2.06. The summed E-state index contributed by atoms with van der Waals surface area (Å²) in [5.41, 5.74) is 0. The molecule has 0 amide bonds. The second kappa shape index (κ2) is 7.74. The Kier molecular flexibility index (Phi) is 6.62. The highest BCUT2D eigenvalue weighted by atomic mass is 32.1. The van der Waals surface area contributed by atoms with Crippen LogP contribution >= 0.6 is 11.3 Å². The molecule has 5 heteroatoms. The van der Waals surface area contributed by atoms with E-state index in [1.54, 1.807) is 18.4 Å². The minimum absolute atomic E-state index is 0.293. The first-order valence-corrected chi connectivity index (χ1v) is 6.98. The highest BCUT2D eigenvalue weighted by molar-refractivity contribution is 7.11. The molecule has 0 saturated heterocycles. The van der Waals surface area contributed by atoms with Crippen molar-refractivity contribution in [3.05, 3.63) is 10.0 Å². The maximum atomic E-state index is 5.21. The molecule has 0 saturated carbocycles. The SMILES string of the molecule is COC(C)CCc1nnc(CNCC(C)C)s1. The third-order valence-corrected chi connectivity index (χ3v) is 3.49. The van der Waals surface area contributed by atoms with Crippen molar-refractivity contribution in [2.24, 2.45) is 5.92 Å². The lowest BCUT2D eigenvalue weighted by molar-refractivity contribution is 0.111. The number of aryl methyl sites for hydroxylation is 1. The molecule has 1 aromatic heterocycles. The zero-order chi connectivity index (χ0) is 12.7. The molecular formula is C12H23N3OS. The Hall–Kier alpha value is -0.520. The molecule has 1 rings (SSSR count). The summed E-state index contributed by atoms with van der Waals surface area (Å²) in [7, 11) is 1.74. The summed E-state index contributed by atoms with van der Waals surface area (Å²) in [6, 6.07) is 0. The van der Waals surface area contributed by atoms with Crippen LogP contribution in [0.15, 0.2) is 0 Å². The van der Waals surface area contributed by atoms with E-state index in [2.05, 4.69) is 36.3 Å². The summed E-state index contributed by atoms with van der Waals surface area (Å²) >= 11 is 1.70. The van der Waals surface area contributed by atoms with Gasteiger partial charge in [-0.2, -0.15) is 0 Å². The van der Waals surface area contributed by atoms with Crippen molar-refractivity contribution in [3.8, 4) is 0 Å². The zero-order valence-corrected chi connectivity index (χ0v) is 12.0. The number of aromatic nitrogens is 2. The first-order valence-electron chi connectivity index (χ1n) is 6.16. The van der Waals surface area contributed by atoms with E-state index in [4.69, 9.17) is 4.74 Å². The highest BCUT2D eigenvalue weighted by Gasteiger charge is 2.06. The number of hydrogen-bond donors (Lipinski definition) is 1. The summed E-state index contributed by atoms with van der Waals surface area (Å²) in [5, 5.41) is 13.9. The largest absolute Gasteiger partial charge is 0.382 e. The Morgan fingerprint density at radius 2 is 1.94 bits per heavy atom. The zero-order valence-electron chi connectivity index (χ0n) is 11.2. The van der Waals surface area contributed by atoms with Crippen LogP contribution in [0.5, 0.6) is 0 Å². The normalized spacial score (nSPS) is 13.2. The molecular weight excluding hydrogens is 234 g/mol. The molecule has 0 aromatic carbocycles. The fraction of sp³-hybridized carbons (Fsp3) is 0.833. The molecule has 0 bridgehead atoms. The number of hydrogen-bond acceptors (Lipinski definition) is 5. The van der Waals surface area contributed by atoms with E-state index in [-0.39, 0.29) is 0 Å². The van der Waals surface area contributed by atoms with E-state index in [9.17, 15) is 0 Å². The smallest absolute Gasteiger partial charge is 0.131 e. The van der Waals surface area contributed by atoms with E-state index in [0.29, 0.717) is 12.0 Å². The Labute approximate surface area is 108 Å². The molecule has 0 spiro atoms. The van der Waals surface area contributed by atoms with Crippen molar-refractivity contribution in [1.29, 1.82) is 0 Å². The van der Waals surface area contributed by atoms with Crippen LogP contribution < -0.4 is 5.32 Å². The Bertz CT molecular complexity index is 314. The maximum absolute atomic E-state index is 5.21. The molecule has 4 nitrogen and oxygen atoms in total. The third-order valence-electron chi connectivity index (χ3n) is 2.50. The van der Waals surface area contributed by atoms with Crippen molar-refractivity contribution < 1.29 is 4.74 Å². The van der Waals surface area contributed by atoms with Gasteiger partial charge >= 0.3 is 0 Å². The molecule has 0 aliphatic rings. The number of nitrogens with one attached hydrogen (secondary N) is 1. The summed E-state index contributed by atoms with van der Waals surface area (Å²) in [4.78, 5) is 0. The second-order valence-electron chi connectivity index (χ2n) is 4.70. The van der Waals surface area contributed by atoms with Gasteiger partial charge in [0.1, 0.15) is 10.0 Å². The molecule has 0 fully saturated rings. The van der Waals surface area contributed by atoms with Crippen LogP contribution in [0.1, 0.15) is 37.2 Å². The maximum Gasteiger partial charge on any atom is 0.131 e. The average molecular weight is 257 g/mol. The standard InChI is InChI=1S/C12H23N3OS/c1-9(2)7-13-8-12-15-14-11(17-12)6-5-10(3)16-4/h9-10,13H,5-8H2,1-4H3. The molecule has 1 unspecified atom stereocenters. The van der Waals surface area contributed by atoms with Gasteiger partial charge < -0.3 is 10.1 Å². The van der Waals surface area contributed by atoms with Crippen LogP contribution in [-0.2, 0) is 17.7 Å². The quantitative estimate of drug-likeness (QED) is 0.776. The topological polar surface area (TPSA) is 47.0 Å². The first-order chi connectivity index (χ1) is 8.11. The van der Waals surface area contributed by atoms with Crippen molar-refractivity contribution in [2.45, 2.75) is 46.3 Å². The lowest BCUT2D eigenvalue weighted by Crippen LogP contribution is -2.18. The van der Waals surface area contributed by atoms with Crippen LogP contribution in [0, 0.1) is 5.92 Å². The fourth-order valence-electron chi connectivity index (χ4n) is 1.37. The highest BCUT2D eigenvalue weighted by Crippen LogP contribution is 2.13. The van der Waals surface area contributed by atoms with Crippen LogP contribution in [0.2, 0.25) is 0 Å². The molecule has 98 valence electrons. The predicted octanol–water partition coefficient (Wildman–Crippen LogP) is 2.25. The minimum atomic E-state index is 0.293. The predicted molar refractivity (Wildman–Crippen MR) is 71.2 cm³/mol. The second-order valence-corrected chi connectivity index (χ2v) is 5.85. The minimum Gasteiger partial charge on any atom is -0.382 e. The number of rotatable bonds is 8. The van der Waals surface area contributed by atoms with Crippen LogP contribution in [-0.4, -0.2) is 30.0 Å². The molecule has 0 aliphatic carbocycles. The van der Waals surface area contributed by atoms with Gasteiger partial charge in [0.05, 0.1) is 6.10 Å². The van der Waals surface area contributed by atoms with E-state index in [0.717, 1.165) is 35.9 Å². The fourth-order valence-corrected chi connectivity index (χ4v) is 2.20. The molecule has 1 aromatic rings. The molecule has 1 N–H and O–H groups in total. The monoisotopic (exact) mass is 257 g/mol. The van der Waals surface area contributed by atoms with Gasteiger partial charge in [0.25, 0.3) is 0 Å². The van der Waals surface area contributed by atoms with Crippen molar-refractivity contribution in [2.75, 3.05) is 13.7 Å². The number of methoxy groups -OCH3 is 1. The van der Waals surface area contributed by atoms with E-state index in [1.165, 1.54) is 0 Å². The summed E-state index contributed by atoms with van der Waals surface area (Å²) < 4.78 is 5.21. The van der Waals surface area contributed by atoms with Gasteiger partial charge in [-0.05, 0) is 25.8 Å². The van der Waals surface area contributed by atoms with Crippen molar-refractivity contribution >= 4 is 11.3 Å². The number of ether oxygens (including phenoxy) is 1. The van der Waals surface area contributed by atoms with Crippen LogP contribution in [0.3, 0.4) is 0 Å². The van der Waals surface area contributed by atoms with E-state index >= 15 is 0 Å². The number of nitrogens with zero attached hydrogens (tertiary/aromatic N) is 2. The van der Waals surface area contributed by atoms with Gasteiger partial charge in [-0.15, -0.1) is 21.5 Å². The van der Waals surface area contributed by atoms with Gasteiger partial charge in [-0.25, -0.2) is 0 Å².